The van der Waals surface area contributed by atoms with Crippen molar-refractivity contribution in [3.63, 3.8) is 0 Å². The molecular weight excluding hydrogens is 479 g/mol. The summed E-state index contributed by atoms with van der Waals surface area (Å²) in [7, 11) is 1.56. The third-order valence-electron chi connectivity index (χ3n) is 5.42. The number of hydrogen-bond donors (Lipinski definition) is 0. The number of fused-ring (bicyclic) bond motifs is 1. The van der Waals surface area contributed by atoms with Crippen LogP contribution in [0.3, 0.4) is 0 Å². The highest BCUT2D eigenvalue weighted by Gasteiger charge is 2.53. The molecule has 3 aromatic rings. The van der Waals surface area contributed by atoms with Crippen molar-refractivity contribution in [3.8, 4) is 0 Å². The van der Waals surface area contributed by atoms with E-state index in [1.165, 1.54) is 0 Å². The van der Waals surface area contributed by atoms with E-state index in [-0.39, 0.29) is 12.5 Å². The standard InChI is InChI=1S/C24H19Cl3N2O2.C2H6/c1-14(2)15-10-20-22(21(27)11-15)24(31-3,16-4-6-17(25)7-5-16)29(23(20)30)13-19-9-8-18(26)12-28-19;1-2/h4-12H,1,13H2,2-3H3;1-2H3. The Balaban J connectivity index is 0.00000149. The van der Waals surface area contributed by atoms with E-state index in [9.17, 15) is 4.79 Å². The number of hydrogen-bond acceptors (Lipinski definition) is 3. The molecule has 1 aliphatic heterocycles. The molecule has 33 heavy (non-hydrogen) atoms. The van der Waals surface area contributed by atoms with E-state index in [2.05, 4.69) is 11.6 Å². The maximum atomic E-state index is 13.7. The summed E-state index contributed by atoms with van der Waals surface area (Å²) < 4.78 is 6.11. The van der Waals surface area contributed by atoms with Crippen LogP contribution in [0.1, 0.15) is 53.5 Å². The number of benzene rings is 2. The molecule has 4 rings (SSSR count). The van der Waals surface area contributed by atoms with Crippen molar-refractivity contribution >= 4 is 46.3 Å². The highest BCUT2D eigenvalue weighted by Crippen LogP contribution is 2.49. The summed E-state index contributed by atoms with van der Waals surface area (Å²) >= 11 is 18.9. The molecule has 1 unspecified atom stereocenters. The fourth-order valence-corrected chi connectivity index (χ4v) is 4.53. The van der Waals surface area contributed by atoms with Crippen LogP contribution >= 0.6 is 34.8 Å². The smallest absolute Gasteiger partial charge is 0.257 e. The molecular formula is C26H25Cl3N2O2. The summed E-state index contributed by atoms with van der Waals surface area (Å²) in [6.45, 7) is 10.0. The topological polar surface area (TPSA) is 42.4 Å². The maximum absolute atomic E-state index is 13.7. The number of halogens is 3. The van der Waals surface area contributed by atoms with Gasteiger partial charge in [0, 0.05) is 29.5 Å². The molecule has 172 valence electrons. The van der Waals surface area contributed by atoms with Crippen molar-refractivity contribution in [1.82, 2.24) is 9.88 Å². The Morgan fingerprint density at radius 2 is 1.70 bits per heavy atom. The number of aromatic nitrogens is 1. The molecule has 0 N–H and O–H groups in total. The lowest BCUT2D eigenvalue weighted by molar-refractivity contribution is -0.0867. The predicted molar refractivity (Wildman–Crippen MR) is 136 cm³/mol. The first-order valence-electron chi connectivity index (χ1n) is 10.5. The van der Waals surface area contributed by atoms with E-state index < -0.39 is 5.72 Å². The van der Waals surface area contributed by atoms with Crippen LogP contribution in [0.2, 0.25) is 15.1 Å². The largest absolute Gasteiger partial charge is 0.350 e. The lowest BCUT2D eigenvalue weighted by Crippen LogP contribution is -2.46. The van der Waals surface area contributed by atoms with Gasteiger partial charge >= 0.3 is 0 Å². The molecule has 0 fully saturated rings. The Morgan fingerprint density at radius 3 is 2.24 bits per heavy atom. The predicted octanol–water partition coefficient (Wildman–Crippen LogP) is 7.60. The van der Waals surface area contributed by atoms with E-state index in [0.29, 0.717) is 31.9 Å². The first kappa shape index (κ1) is 25.3. The molecule has 0 aliphatic carbocycles. The zero-order valence-corrected chi connectivity index (χ0v) is 21.2. The van der Waals surface area contributed by atoms with Crippen LogP contribution in [0.15, 0.2) is 61.3 Å². The number of pyridine rings is 1. The number of rotatable bonds is 5. The number of amides is 1. The van der Waals surface area contributed by atoms with Crippen LogP contribution in [0.4, 0.5) is 0 Å². The van der Waals surface area contributed by atoms with E-state index >= 15 is 0 Å². The summed E-state index contributed by atoms with van der Waals surface area (Å²) in [5.74, 6) is -0.214. The molecule has 0 radical (unpaired) electrons. The van der Waals surface area contributed by atoms with Crippen LogP contribution in [-0.4, -0.2) is 22.9 Å². The number of carbonyl (C=O) groups excluding carboxylic acids is 1. The molecule has 1 aromatic heterocycles. The van der Waals surface area contributed by atoms with Crippen molar-refractivity contribution in [2.45, 2.75) is 33.0 Å². The highest BCUT2D eigenvalue weighted by atomic mass is 35.5. The van der Waals surface area contributed by atoms with Gasteiger partial charge in [-0.3, -0.25) is 14.7 Å². The average molecular weight is 504 g/mol. The third-order valence-corrected chi connectivity index (χ3v) is 6.19. The summed E-state index contributed by atoms with van der Waals surface area (Å²) in [6.07, 6.45) is 1.55. The van der Waals surface area contributed by atoms with Gasteiger partial charge in [-0.1, -0.05) is 72.9 Å². The number of ether oxygens (including phenoxy) is 1. The summed E-state index contributed by atoms with van der Waals surface area (Å²) in [4.78, 5) is 19.7. The third kappa shape index (κ3) is 4.53. The number of carbonyl (C=O) groups is 1. The first-order chi connectivity index (χ1) is 15.8. The Hall–Kier alpha value is -2.37. The molecule has 2 aromatic carbocycles. The van der Waals surface area contributed by atoms with Crippen LogP contribution in [0.5, 0.6) is 0 Å². The van der Waals surface area contributed by atoms with Gasteiger partial charge in [-0.15, -0.1) is 0 Å². The zero-order valence-electron chi connectivity index (χ0n) is 19.0. The van der Waals surface area contributed by atoms with Crippen molar-refractivity contribution < 1.29 is 9.53 Å². The summed E-state index contributed by atoms with van der Waals surface area (Å²) in [6, 6.07) is 14.3. The second-order valence-electron chi connectivity index (χ2n) is 7.38. The van der Waals surface area contributed by atoms with Crippen LogP contribution in [0.25, 0.3) is 5.57 Å². The highest BCUT2D eigenvalue weighted by molar-refractivity contribution is 6.33. The van der Waals surface area contributed by atoms with Gasteiger partial charge < -0.3 is 4.74 Å². The average Bonchev–Trinajstić information content (AvgIpc) is 3.06. The van der Waals surface area contributed by atoms with Gasteiger partial charge in [0.1, 0.15) is 0 Å². The van der Waals surface area contributed by atoms with Gasteiger partial charge in [-0.25, -0.2) is 0 Å². The van der Waals surface area contributed by atoms with Gasteiger partial charge in [0.05, 0.1) is 27.8 Å². The second kappa shape index (κ2) is 10.3. The van der Waals surface area contributed by atoms with E-state index in [1.807, 2.05) is 45.0 Å². The quantitative estimate of drug-likeness (QED) is 0.360. The molecule has 1 amide bonds. The maximum Gasteiger partial charge on any atom is 0.257 e. The van der Waals surface area contributed by atoms with Gasteiger partial charge in [0.25, 0.3) is 5.91 Å². The van der Waals surface area contributed by atoms with Gasteiger partial charge in [0.15, 0.2) is 5.72 Å². The molecule has 1 atom stereocenters. The molecule has 7 heteroatoms. The summed E-state index contributed by atoms with van der Waals surface area (Å²) in [5.41, 5.74) is 2.81. The lowest BCUT2D eigenvalue weighted by atomic mass is 9.91. The molecule has 0 bridgehead atoms. The zero-order chi connectivity index (χ0) is 24.3. The lowest BCUT2D eigenvalue weighted by Gasteiger charge is -2.38. The van der Waals surface area contributed by atoms with E-state index in [1.54, 1.807) is 42.5 Å². The normalized spacial score (nSPS) is 16.8. The first-order valence-corrected chi connectivity index (χ1v) is 11.6. The summed E-state index contributed by atoms with van der Waals surface area (Å²) in [5, 5.41) is 1.52. The Labute approximate surface area is 209 Å². The fraction of sp³-hybridized carbons (Fsp3) is 0.231. The molecule has 1 aliphatic rings. The monoisotopic (exact) mass is 502 g/mol. The Kier molecular flexibility index (Phi) is 7.86. The number of allylic oxidation sites excluding steroid dienone is 1. The van der Waals surface area contributed by atoms with Gasteiger partial charge in [-0.05, 0) is 48.9 Å². The van der Waals surface area contributed by atoms with Crippen molar-refractivity contribution in [2.75, 3.05) is 7.11 Å². The molecule has 0 saturated heterocycles. The van der Waals surface area contributed by atoms with Gasteiger partial charge in [-0.2, -0.15) is 0 Å². The fourth-order valence-electron chi connectivity index (χ4n) is 3.94. The molecule has 4 nitrogen and oxygen atoms in total. The van der Waals surface area contributed by atoms with E-state index in [4.69, 9.17) is 39.5 Å². The molecule has 0 spiro atoms. The van der Waals surface area contributed by atoms with Gasteiger partial charge in [0.2, 0.25) is 0 Å². The van der Waals surface area contributed by atoms with Crippen LogP contribution in [-0.2, 0) is 17.0 Å². The van der Waals surface area contributed by atoms with Crippen molar-refractivity contribution in [2.24, 2.45) is 0 Å². The van der Waals surface area contributed by atoms with Crippen molar-refractivity contribution in [1.29, 1.82) is 0 Å². The SMILES string of the molecule is C=C(C)c1cc(Cl)c2c(c1)C(=O)N(Cc1ccc(Cl)cn1)C2(OC)c1ccc(Cl)cc1.CC. The minimum Gasteiger partial charge on any atom is -0.350 e. The minimum atomic E-state index is -1.25. The Bertz CT molecular complexity index is 1180. The van der Waals surface area contributed by atoms with Crippen LogP contribution < -0.4 is 0 Å². The minimum absolute atomic E-state index is 0.194. The second-order valence-corrected chi connectivity index (χ2v) is 8.66. The van der Waals surface area contributed by atoms with E-state index in [0.717, 1.165) is 16.7 Å². The molecule has 0 saturated carbocycles. The van der Waals surface area contributed by atoms with Crippen LogP contribution in [0, 0.1) is 0 Å². The number of nitrogens with zero attached hydrogens (tertiary/aromatic N) is 2. The van der Waals surface area contributed by atoms with Crippen molar-refractivity contribution in [3.05, 3.63) is 104 Å². The Morgan fingerprint density at radius 1 is 1.06 bits per heavy atom. The number of methoxy groups -OCH3 is 1. The molecule has 2 heterocycles.